The van der Waals surface area contributed by atoms with E-state index in [2.05, 4.69) is 258 Å². The molecule has 0 atom stereocenters. The highest BCUT2D eigenvalue weighted by molar-refractivity contribution is 6.12. The molecule has 3 nitrogen and oxygen atoms in total. The van der Waals surface area contributed by atoms with Crippen molar-refractivity contribution in [1.82, 2.24) is 14.1 Å². The van der Waals surface area contributed by atoms with Gasteiger partial charge in [-0.1, -0.05) is 188 Å². The van der Waals surface area contributed by atoms with Crippen molar-refractivity contribution in [2.24, 2.45) is 0 Å². The molecule has 13 rings (SSSR count). The molecule has 0 radical (unpaired) electrons. The van der Waals surface area contributed by atoms with E-state index in [0.29, 0.717) is 0 Å². The van der Waals surface area contributed by atoms with E-state index in [1.165, 1.54) is 77.0 Å². The Hall–Kier alpha value is -9.05. The molecule has 0 saturated carbocycles. The van der Waals surface area contributed by atoms with Crippen LogP contribution in [0, 0.1) is 0 Å². The summed E-state index contributed by atoms with van der Waals surface area (Å²) >= 11 is 0. The number of para-hydroxylation sites is 2. The van der Waals surface area contributed by atoms with Crippen LogP contribution >= 0.6 is 0 Å². The summed E-state index contributed by atoms with van der Waals surface area (Å²) in [6.07, 6.45) is 0. The van der Waals surface area contributed by atoms with Crippen molar-refractivity contribution in [3.05, 3.63) is 261 Å². The number of aromatic nitrogens is 3. The molecule has 0 aliphatic rings. The van der Waals surface area contributed by atoms with Crippen molar-refractivity contribution in [3.8, 4) is 78.4 Å². The Labute approximate surface area is 395 Å². The molecule has 0 saturated heterocycles. The van der Waals surface area contributed by atoms with Crippen molar-refractivity contribution < 1.29 is 0 Å². The standard InChI is InChI=1S/C65H43N3/c1-4-14-44(15-5-1)45-24-26-46(27-25-45)47-28-34-54(35-29-47)67-62-22-12-10-20-56(62)58-40-51(32-38-64(58)67)52-33-39-65-59(41-52)57-21-11-13-23-63(57)68(65)55-36-30-48(31-37-55)53-42-60(49-16-6-2-7-17-49)66-61(43-53)50-18-8-3-9-19-50/h1-43H. The van der Waals surface area contributed by atoms with Crippen molar-refractivity contribution in [3.63, 3.8) is 0 Å². The molecule has 0 fully saturated rings. The van der Waals surface area contributed by atoms with Crippen LogP contribution in [0.15, 0.2) is 261 Å². The Kier molecular flexibility index (Phi) is 9.50. The third-order valence-corrected chi connectivity index (χ3v) is 13.6. The van der Waals surface area contributed by atoms with E-state index in [1.807, 2.05) is 12.1 Å². The average Bonchev–Trinajstić information content (AvgIpc) is 3.94. The lowest BCUT2D eigenvalue weighted by molar-refractivity contribution is 1.18. The second kappa shape index (κ2) is 16.4. The Morgan fingerprint density at radius 2 is 0.515 bits per heavy atom. The average molecular weight is 866 g/mol. The molecular formula is C65H43N3. The van der Waals surface area contributed by atoms with Crippen molar-refractivity contribution in [2.75, 3.05) is 0 Å². The topological polar surface area (TPSA) is 22.8 Å². The van der Waals surface area contributed by atoms with Gasteiger partial charge in [0.25, 0.3) is 0 Å². The van der Waals surface area contributed by atoms with E-state index in [9.17, 15) is 0 Å². The fourth-order valence-electron chi connectivity index (χ4n) is 10.2. The molecule has 68 heavy (non-hydrogen) atoms. The summed E-state index contributed by atoms with van der Waals surface area (Å²) in [7, 11) is 0. The zero-order valence-electron chi connectivity index (χ0n) is 37.2. The second-order valence-electron chi connectivity index (χ2n) is 17.6. The van der Waals surface area contributed by atoms with Crippen LogP contribution < -0.4 is 0 Å². The van der Waals surface area contributed by atoms with Gasteiger partial charge in [-0.3, -0.25) is 0 Å². The van der Waals surface area contributed by atoms with Gasteiger partial charge >= 0.3 is 0 Å². The van der Waals surface area contributed by atoms with Crippen LogP contribution in [0.25, 0.3) is 122 Å². The molecule has 0 bridgehead atoms. The van der Waals surface area contributed by atoms with E-state index in [1.54, 1.807) is 0 Å². The summed E-state index contributed by atoms with van der Waals surface area (Å²) in [4.78, 5) is 5.11. The van der Waals surface area contributed by atoms with Gasteiger partial charge in [0.1, 0.15) is 0 Å². The van der Waals surface area contributed by atoms with Crippen LogP contribution in [0.5, 0.6) is 0 Å². The van der Waals surface area contributed by atoms with Gasteiger partial charge in [-0.05, 0) is 117 Å². The monoisotopic (exact) mass is 865 g/mol. The molecular weight excluding hydrogens is 823 g/mol. The maximum atomic E-state index is 5.11. The highest BCUT2D eigenvalue weighted by Gasteiger charge is 2.17. The lowest BCUT2D eigenvalue weighted by Gasteiger charge is -2.12. The molecule has 0 N–H and O–H groups in total. The molecule has 3 heterocycles. The van der Waals surface area contributed by atoms with E-state index >= 15 is 0 Å². The number of benzene rings is 10. The molecule has 0 aliphatic carbocycles. The van der Waals surface area contributed by atoms with Gasteiger partial charge < -0.3 is 9.13 Å². The summed E-state index contributed by atoms with van der Waals surface area (Å²) in [5.41, 5.74) is 20.7. The van der Waals surface area contributed by atoms with Gasteiger partial charge in [-0.2, -0.15) is 0 Å². The number of fused-ring (bicyclic) bond motifs is 6. The first kappa shape index (κ1) is 39.3. The first-order chi connectivity index (χ1) is 33.7. The van der Waals surface area contributed by atoms with Gasteiger partial charge in [0.05, 0.1) is 33.5 Å². The fourth-order valence-corrected chi connectivity index (χ4v) is 10.2. The van der Waals surface area contributed by atoms with Crippen molar-refractivity contribution >= 4 is 43.6 Å². The van der Waals surface area contributed by atoms with Crippen LogP contribution in [0.2, 0.25) is 0 Å². The first-order valence-corrected chi connectivity index (χ1v) is 23.3. The molecule has 3 aromatic heterocycles. The number of hydrogen-bond donors (Lipinski definition) is 0. The summed E-state index contributed by atoms with van der Waals surface area (Å²) in [6.45, 7) is 0. The maximum absolute atomic E-state index is 5.11. The zero-order chi connectivity index (χ0) is 45.0. The minimum absolute atomic E-state index is 0.959. The van der Waals surface area contributed by atoms with Crippen LogP contribution in [0.1, 0.15) is 0 Å². The normalized spacial score (nSPS) is 11.5. The van der Waals surface area contributed by atoms with Gasteiger partial charge in [0.2, 0.25) is 0 Å². The maximum Gasteiger partial charge on any atom is 0.0715 e. The second-order valence-corrected chi connectivity index (χ2v) is 17.6. The fraction of sp³-hybridized carbons (Fsp3) is 0. The molecule has 0 spiro atoms. The molecule has 318 valence electrons. The summed E-state index contributed by atoms with van der Waals surface area (Å²) < 4.78 is 4.80. The molecule has 0 aliphatic heterocycles. The van der Waals surface area contributed by atoms with Gasteiger partial charge in [0.15, 0.2) is 0 Å². The van der Waals surface area contributed by atoms with Gasteiger partial charge in [-0.15, -0.1) is 0 Å². The Balaban J connectivity index is 0.847. The third-order valence-electron chi connectivity index (χ3n) is 13.6. The Bertz CT molecular complexity index is 3900. The Morgan fingerprint density at radius 3 is 0.941 bits per heavy atom. The minimum Gasteiger partial charge on any atom is -0.309 e. The number of rotatable bonds is 8. The van der Waals surface area contributed by atoms with E-state index in [0.717, 1.165) is 45.0 Å². The molecule has 3 heteroatoms. The predicted octanol–water partition coefficient (Wildman–Crippen LogP) is 17.3. The largest absolute Gasteiger partial charge is 0.309 e. The van der Waals surface area contributed by atoms with E-state index < -0.39 is 0 Å². The molecule has 0 unspecified atom stereocenters. The smallest absolute Gasteiger partial charge is 0.0715 e. The summed E-state index contributed by atoms with van der Waals surface area (Å²) in [5, 5.41) is 4.94. The lowest BCUT2D eigenvalue weighted by atomic mass is 9.99. The number of nitrogens with zero attached hydrogens (tertiary/aromatic N) is 3. The predicted molar refractivity (Wildman–Crippen MR) is 286 cm³/mol. The third kappa shape index (κ3) is 6.88. The SMILES string of the molecule is c1ccc(-c2ccc(-c3ccc(-n4c5ccccc5c5cc(-c6ccc7c(c6)c6ccccc6n7-c6ccc(-c7cc(-c8ccccc8)nc(-c8ccccc8)c7)cc6)ccc54)cc3)cc2)cc1. The summed E-state index contributed by atoms with van der Waals surface area (Å²) in [5.74, 6) is 0. The van der Waals surface area contributed by atoms with Crippen LogP contribution in [0.4, 0.5) is 0 Å². The van der Waals surface area contributed by atoms with E-state index in [-0.39, 0.29) is 0 Å². The van der Waals surface area contributed by atoms with Crippen LogP contribution in [-0.4, -0.2) is 14.1 Å². The lowest BCUT2D eigenvalue weighted by Crippen LogP contribution is -1.94. The quantitative estimate of drug-likeness (QED) is 0.149. The summed E-state index contributed by atoms with van der Waals surface area (Å²) in [6, 6.07) is 94.2. The van der Waals surface area contributed by atoms with Gasteiger partial charge in [0, 0.05) is 44.0 Å². The zero-order valence-corrected chi connectivity index (χ0v) is 37.2. The van der Waals surface area contributed by atoms with Crippen molar-refractivity contribution in [1.29, 1.82) is 0 Å². The van der Waals surface area contributed by atoms with Crippen LogP contribution in [0.3, 0.4) is 0 Å². The number of hydrogen-bond acceptors (Lipinski definition) is 1. The highest BCUT2D eigenvalue weighted by Crippen LogP contribution is 2.39. The Morgan fingerprint density at radius 1 is 0.206 bits per heavy atom. The van der Waals surface area contributed by atoms with E-state index in [4.69, 9.17) is 4.98 Å². The van der Waals surface area contributed by atoms with Crippen LogP contribution in [-0.2, 0) is 0 Å². The number of pyridine rings is 1. The molecule has 13 aromatic rings. The molecule has 0 amide bonds. The minimum atomic E-state index is 0.959. The molecule has 10 aromatic carbocycles. The first-order valence-electron chi connectivity index (χ1n) is 23.3. The highest BCUT2D eigenvalue weighted by atomic mass is 15.0. The van der Waals surface area contributed by atoms with Crippen molar-refractivity contribution in [2.45, 2.75) is 0 Å². The van der Waals surface area contributed by atoms with Gasteiger partial charge in [-0.25, -0.2) is 4.98 Å².